The minimum atomic E-state index is -0.374. The molecule has 1 aromatic rings. The molecule has 3 rings (SSSR count). The summed E-state index contributed by atoms with van der Waals surface area (Å²) in [5, 5.41) is 7.26. The first-order valence-corrected chi connectivity index (χ1v) is 9.96. The molecule has 1 N–H and O–H groups in total. The van der Waals surface area contributed by atoms with Crippen LogP contribution in [-0.2, 0) is 16.6 Å². The Morgan fingerprint density at radius 2 is 1.96 bits per heavy atom. The zero-order valence-electron chi connectivity index (χ0n) is 16.7. The smallest absolute Gasteiger partial charge is 0.244 e. The largest absolute Gasteiger partial charge is 0.339 e. The van der Waals surface area contributed by atoms with Gasteiger partial charge in [0.15, 0.2) is 0 Å². The highest BCUT2D eigenvalue weighted by atomic mass is 16.2. The number of nitrogens with zero attached hydrogens (tertiary/aromatic N) is 5. The number of carbonyl (C=O) groups excluding carboxylic acids is 2. The summed E-state index contributed by atoms with van der Waals surface area (Å²) in [5.74, 6) is 0.298. The minimum absolute atomic E-state index is 0.0705. The van der Waals surface area contributed by atoms with Crippen molar-refractivity contribution in [1.82, 2.24) is 29.8 Å². The molecule has 2 fully saturated rings. The van der Waals surface area contributed by atoms with Crippen LogP contribution in [0.1, 0.15) is 37.8 Å². The molecule has 0 aromatic carbocycles. The third-order valence-electron chi connectivity index (χ3n) is 5.76. The first-order valence-electron chi connectivity index (χ1n) is 9.96. The molecule has 0 saturated carbocycles. The summed E-state index contributed by atoms with van der Waals surface area (Å²) in [7, 11) is 3.64. The zero-order valence-corrected chi connectivity index (χ0v) is 16.7. The van der Waals surface area contributed by atoms with Crippen molar-refractivity contribution in [2.45, 2.75) is 38.3 Å². The second-order valence-electron chi connectivity index (χ2n) is 7.70. The van der Waals surface area contributed by atoms with Crippen molar-refractivity contribution in [1.29, 1.82) is 0 Å². The molecule has 2 unspecified atom stereocenters. The van der Waals surface area contributed by atoms with Crippen LogP contribution in [0.2, 0.25) is 0 Å². The number of carbonyl (C=O) groups is 2. The Morgan fingerprint density at radius 3 is 2.56 bits per heavy atom. The van der Waals surface area contributed by atoms with E-state index in [1.54, 1.807) is 17.9 Å². The standard InChI is InChI=1S/C19H32N6O2/c1-15-6-4-5-7-25(15)17(26)14-23-8-10-24(11-9-23)19(27)18(20-2)16-12-21-22(3)13-16/h12-13,15,18,20H,4-11,14H2,1-3H3. The number of aryl methyl sites for hydroxylation is 1. The highest BCUT2D eigenvalue weighted by Crippen LogP contribution is 2.18. The summed E-state index contributed by atoms with van der Waals surface area (Å²) >= 11 is 0. The molecule has 2 saturated heterocycles. The molecule has 2 aliphatic rings. The Bertz CT molecular complexity index is 652. The number of piperazine rings is 1. The maximum absolute atomic E-state index is 12.9. The van der Waals surface area contributed by atoms with Crippen LogP contribution in [0.4, 0.5) is 0 Å². The lowest BCUT2D eigenvalue weighted by atomic mass is 10.0. The van der Waals surface area contributed by atoms with Crippen LogP contribution in [0.15, 0.2) is 12.4 Å². The molecule has 0 aliphatic carbocycles. The van der Waals surface area contributed by atoms with Gasteiger partial charge in [-0.3, -0.25) is 19.2 Å². The fourth-order valence-corrected chi connectivity index (χ4v) is 4.08. The molecule has 8 heteroatoms. The first kappa shape index (κ1) is 19.8. The number of aromatic nitrogens is 2. The number of nitrogens with one attached hydrogen (secondary N) is 1. The van der Waals surface area contributed by atoms with Gasteiger partial charge in [-0.2, -0.15) is 5.10 Å². The summed E-state index contributed by atoms with van der Waals surface area (Å²) in [6.45, 7) is 6.27. The van der Waals surface area contributed by atoms with Crippen molar-refractivity contribution < 1.29 is 9.59 Å². The molecule has 1 aromatic heterocycles. The molecule has 3 heterocycles. The highest BCUT2D eigenvalue weighted by Gasteiger charge is 2.30. The van der Waals surface area contributed by atoms with E-state index in [2.05, 4.69) is 22.2 Å². The Kier molecular flexibility index (Phi) is 6.49. The summed E-state index contributed by atoms with van der Waals surface area (Å²) < 4.78 is 1.71. The van der Waals surface area contributed by atoms with Gasteiger partial charge in [0, 0.05) is 57.6 Å². The Labute approximate surface area is 161 Å². The van der Waals surface area contributed by atoms with Crippen LogP contribution in [0, 0.1) is 0 Å². The van der Waals surface area contributed by atoms with Crippen LogP contribution in [0.25, 0.3) is 0 Å². The number of amides is 2. The van der Waals surface area contributed by atoms with Crippen LogP contribution in [0.3, 0.4) is 0 Å². The van der Waals surface area contributed by atoms with Crippen molar-refractivity contribution in [3.05, 3.63) is 18.0 Å². The second kappa shape index (κ2) is 8.84. The predicted molar refractivity (Wildman–Crippen MR) is 103 cm³/mol. The molecular weight excluding hydrogens is 344 g/mol. The second-order valence-corrected chi connectivity index (χ2v) is 7.70. The lowest BCUT2D eigenvalue weighted by Gasteiger charge is -2.38. The number of rotatable bonds is 5. The van der Waals surface area contributed by atoms with Gasteiger partial charge in [0.05, 0.1) is 12.7 Å². The Morgan fingerprint density at radius 1 is 1.22 bits per heavy atom. The molecule has 0 spiro atoms. The molecule has 2 atom stereocenters. The van der Waals surface area contributed by atoms with E-state index < -0.39 is 0 Å². The molecule has 27 heavy (non-hydrogen) atoms. The fourth-order valence-electron chi connectivity index (χ4n) is 4.08. The molecule has 2 aliphatic heterocycles. The van der Waals surface area contributed by atoms with Gasteiger partial charge in [0.1, 0.15) is 6.04 Å². The molecule has 150 valence electrons. The SMILES string of the molecule is CNC(C(=O)N1CCN(CC(=O)N2CCCCC2C)CC1)c1cnn(C)c1. The lowest BCUT2D eigenvalue weighted by Crippen LogP contribution is -2.54. The Hall–Kier alpha value is -1.93. The van der Waals surface area contributed by atoms with Crippen molar-refractivity contribution in [2.24, 2.45) is 7.05 Å². The van der Waals surface area contributed by atoms with Crippen molar-refractivity contribution >= 4 is 11.8 Å². The van der Waals surface area contributed by atoms with Gasteiger partial charge < -0.3 is 15.1 Å². The number of likely N-dealkylation sites (tertiary alicyclic amines) is 1. The van der Waals surface area contributed by atoms with Crippen molar-refractivity contribution in [3.8, 4) is 0 Å². The van der Waals surface area contributed by atoms with Crippen molar-refractivity contribution in [3.63, 3.8) is 0 Å². The summed E-state index contributed by atoms with van der Waals surface area (Å²) in [4.78, 5) is 31.6. The number of hydrogen-bond donors (Lipinski definition) is 1. The summed E-state index contributed by atoms with van der Waals surface area (Å²) in [6.07, 6.45) is 7.03. The predicted octanol–water partition coefficient (Wildman–Crippen LogP) is 0.226. The average Bonchev–Trinajstić information content (AvgIpc) is 3.09. The van der Waals surface area contributed by atoms with Crippen molar-refractivity contribution in [2.75, 3.05) is 46.3 Å². The van der Waals surface area contributed by atoms with E-state index in [1.165, 1.54) is 6.42 Å². The normalized spacial score (nSPS) is 22.7. The van der Waals surface area contributed by atoms with Gasteiger partial charge in [-0.25, -0.2) is 0 Å². The van der Waals surface area contributed by atoms with E-state index >= 15 is 0 Å². The van der Waals surface area contributed by atoms with Crippen LogP contribution in [0.5, 0.6) is 0 Å². The lowest BCUT2D eigenvalue weighted by molar-refractivity contribution is -0.138. The van der Waals surface area contributed by atoms with Gasteiger partial charge in [0.2, 0.25) is 11.8 Å². The topological polar surface area (TPSA) is 73.7 Å². The number of hydrogen-bond acceptors (Lipinski definition) is 5. The van der Waals surface area contributed by atoms with Crippen LogP contribution >= 0.6 is 0 Å². The van der Waals surface area contributed by atoms with E-state index in [0.29, 0.717) is 25.7 Å². The Balaban J connectivity index is 1.50. The maximum atomic E-state index is 12.9. The summed E-state index contributed by atoms with van der Waals surface area (Å²) in [5.41, 5.74) is 0.877. The molecular formula is C19H32N6O2. The van der Waals surface area contributed by atoms with Gasteiger partial charge in [-0.15, -0.1) is 0 Å². The zero-order chi connectivity index (χ0) is 19.4. The quantitative estimate of drug-likeness (QED) is 0.796. The van der Waals surface area contributed by atoms with Gasteiger partial charge >= 0.3 is 0 Å². The van der Waals surface area contributed by atoms with E-state index in [4.69, 9.17) is 0 Å². The van der Waals surface area contributed by atoms with E-state index in [0.717, 1.165) is 38.0 Å². The van der Waals surface area contributed by atoms with Crippen LogP contribution in [-0.4, -0.2) is 88.7 Å². The minimum Gasteiger partial charge on any atom is -0.339 e. The molecule has 0 bridgehead atoms. The maximum Gasteiger partial charge on any atom is 0.244 e. The van der Waals surface area contributed by atoms with E-state index in [1.807, 2.05) is 23.0 Å². The monoisotopic (exact) mass is 376 g/mol. The third kappa shape index (κ3) is 4.68. The number of likely N-dealkylation sites (N-methyl/N-ethyl adjacent to an activating group) is 1. The molecule has 2 amide bonds. The molecule has 8 nitrogen and oxygen atoms in total. The van der Waals surface area contributed by atoms with E-state index in [9.17, 15) is 9.59 Å². The highest BCUT2D eigenvalue weighted by molar-refractivity contribution is 5.83. The average molecular weight is 377 g/mol. The number of piperidine rings is 1. The van der Waals surface area contributed by atoms with Gasteiger partial charge in [-0.1, -0.05) is 0 Å². The van der Waals surface area contributed by atoms with Gasteiger partial charge in [-0.05, 0) is 33.2 Å². The van der Waals surface area contributed by atoms with E-state index in [-0.39, 0.29) is 17.9 Å². The molecule has 0 radical (unpaired) electrons. The van der Waals surface area contributed by atoms with Crippen LogP contribution < -0.4 is 5.32 Å². The van der Waals surface area contributed by atoms with Gasteiger partial charge in [0.25, 0.3) is 0 Å². The summed E-state index contributed by atoms with van der Waals surface area (Å²) in [6, 6.07) is -0.0222. The fraction of sp³-hybridized carbons (Fsp3) is 0.737. The first-order chi connectivity index (χ1) is 13.0. The third-order valence-corrected chi connectivity index (χ3v) is 5.76.